The van der Waals surface area contributed by atoms with Crippen molar-refractivity contribution >= 4 is 11.7 Å². The van der Waals surface area contributed by atoms with E-state index in [1.54, 1.807) is 0 Å². The molecule has 2 atom stereocenters. The standard InChI is InChI=1S/C19H22N2O2/c1-12(2)10-16-15(11-20)18(14-8-6-5-7-9-14)17(13(3)21-16)19(22)23-4/h5-9,12,15,18H,10H2,1-4H3. The first kappa shape index (κ1) is 17.0. The lowest BCUT2D eigenvalue weighted by Crippen LogP contribution is -2.31. The van der Waals surface area contributed by atoms with Crippen LogP contribution < -0.4 is 0 Å². The molecule has 0 radical (unpaired) electrons. The van der Waals surface area contributed by atoms with Crippen LogP contribution in [0, 0.1) is 23.2 Å². The number of carbonyl (C=O) groups excluding carboxylic acids is 1. The van der Waals surface area contributed by atoms with Gasteiger partial charge in [0.1, 0.15) is 0 Å². The molecular formula is C19H22N2O2. The van der Waals surface area contributed by atoms with Crippen molar-refractivity contribution in [1.82, 2.24) is 0 Å². The molecule has 0 fully saturated rings. The topological polar surface area (TPSA) is 62.4 Å². The molecule has 0 amide bonds. The number of rotatable bonds is 4. The number of hydrogen-bond acceptors (Lipinski definition) is 4. The predicted molar refractivity (Wildman–Crippen MR) is 89.9 cm³/mol. The molecule has 0 saturated heterocycles. The second-order valence-electron chi connectivity index (χ2n) is 6.19. The Kier molecular flexibility index (Phi) is 5.33. The van der Waals surface area contributed by atoms with E-state index in [4.69, 9.17) is 4.74 Å². The SMILES string of the molecule is COC(=O)C1=C(C)N=C(CC(C)C)C(C#N)C1c1ccccc1. The van der Waals surface area contributed by atoms with Gasteiger partial charge in [0.25, 0.3) is 0 Å². The maximum Gasteiger partial charge on any atom is 0.336 e. The van der Waals surface area contributed by atoms with E-state index in [2.05, 4.69) is 24.9 Å². The Balaban J connectivity index is 2.61. The molecule has 0 spiro atoms. The van der Waals surface area contributed by atoms with Crippen LogP contribution in [0.2, 0.25) is 0 Å². The van der Waals surface area contributed by atoms with E-state index in [-0.39, 0.29) is 5.92 Å². The number of nitrogens with zero attached hydrogens (tertiary/aromatic N) is 2. The molecule has 1 aromatic carbocycles. The first-order valence-electron chi connectivity index (χ1n) is 7.80. The number of carbonyl (C=O) groups is 1. The number of hydrogen-bond donors (Lipinski definition) is 0. The third-order valence-corrected chi connectivity index (χ3v) is 4.02. The third-order valence-electron chi connectivity index (χ3n) is 4.02. The molecule has 2 rings (SSSR count). The van der Waals surface area contributed by atoms with Crippen molar-refractivity contribution in [2.24, 2.45) is 16.8 Å². The van der Waals surface area contributed by atoms with Gasteiger partial charge in [0.15, 0.2) is 0 Å². The molecular weight excluding hydrogens is 288 g/mol. The number of methoxy groups -OCH3 is 1. The van der Waals surface area contributed by atoms with Gasteiger partial charge in [0.05, 0.1) is 24.7 Å². The van der Waals surface area contributed by atoms with E-state index < -0.39 is 11.9 Å². The van der Waals surface area contributed by atoms with Crippen LogP contribution in [0.3, 0.4) is 0 Å². The maximum atomic E-state index is 12.3. The average Bonchev–Trinajstić information content (AvgIpc) is 2.54. The number of esters is 1. The van der Waals surface area contributed by atoms with E-state index in [0.29, 0.717) is 17.2 Å². The summed E-state index contributed by atoms with van der Waals surface area (Å²) in [5.74, 6) is -0.796. The Morgan fingerprint density at radius 1 is 1.35 bits per heavy atom. The van der Waals surface area contributed by atoms with Gasteiger partial charge in [-0.25, -0.2) is 4.79 Å². The van der Waals surface area contributed by atoms with Gasteiger partial charge in [-0.2, -0.15) is 5.26 Å². The minimum absolute atomic E-state index is 0.333. The molecule has 120 valence electrons. The third kappa shape index (κ3) is 3.50. The van der Waals surface area contributed by atoms with Crippen LogP contribution in [0.1, 0.15) is 38.7 Å². The predicted octanol–water partition coefficient (Wildman–Crippen LogP) is 3.86. The van der Waals surface area contributed by atoms with Crippen molar-refractivity contribution in [2.45, 2.75) is 33.1 Å². The number of nitriles is 1. The molecule has 1 aliphatic heterocycles. The van der Waals surface area contributed by atoms with Crippen molar-refractivity contribution in [1.29, 1.82) is 5.26 Å². The van der Waals surface area contributed by atoms with Gasteiger partial charge in [-0.05, 0) is 24.8 Å². The maximum absolute atomic E-state index is 12.3. The normalized spacial score (nSPS) is 21.0. The summed E-state index contributed by atoms with van der Waals surface area (Å²) in [6.07, 6.45) is 0.743. The molecule has 1 aliphatic rings. The minimum Gasteiger partial charge on any atom is -0.466 e. The van der Waals surface area contributed by atoms with Gasteiger partial charge in [-0.3, -0.25) is 4.99 Å². The van der Waals surface area contributed by atoms with E-state index >= 15 is 0 Å². The average molecular weight is 310 g/mol. The number of aliphatic imine (C=N–C) groups is 1. The molecule has 4 heteroatoms. The van der Waals surface area contributed by atoms with Crippen molar-refractivity contribution in [3.63, 3.8) is 0 Å². The van der Waals surface area contributed by atoms with Crippen molar-refractivity contribution in [3.8, 4) is 6.07 Å². The molecule has 4 nitrogen and oxygen atoms in total. The van der Waals surface area contributed by atoms with Crippen LogP contribution in [-0.4, -0.2) is 18.8 Å². The lowest BCUT2D eigenvalue weighted by Gasteiger charge is -2.30. The van der Waals surface area contributed by atoms with Crippen LogP contribution in [0.25, 0.3) is 0 Å². The molecule has 2 unspecified atom stereocenters. The molecule has 0 N–H and O–H groups in total. The molecule has 0 saturated carbocycles. The van der Waals surface area contributed by atoms with Crippen LogP contribution >= 0.6 is 0 Å². The first-order chi connectivity index (χ1) is 11.0. The molecule has 0 aromatic heterocycles. The van der Waals surface area contributed by atoms with Crippen molar-refractivity contribution < 1.29 is 9.53 Å². The summed E-state index contributed by atoms with van der Waals surface area (Å²) in [6, 6.07) is 12.0. The molecule has 0 bridgehead atoms. The van der Waals surface area contributed by atoms with E-state index in [9.17, 15) is 10.1 Å². The first-order valence-corrected chi connectivity index (χ1v) is 7.80. The number of ether oxygens (including phenoxy) is 1. The van der Waals surface area contributed by atoms with Crippen LogP contribution in [0.15, 0.2) is 46.6 Å². The molecule has 23 heavy (non-hydrogen) atoms. The summed E-state index contributed by atoms with van der Waals surface area (Å²) in [6.45, 7) is 6.02. The highest BCUT2D eigenvalue weighted by molar-refractivity contribution is 5.99. The Labute approximate surface area is 137 Å². The van der Waals surface area contributed by atoms with E-state index in [0.717, 1.165) is 17.7 Å². The summed E-state index contributed by atoms with van der Waals surface area (Å²) >= 11 is 0. The largest absolute Gasteiger partial charge is 0.466 e. The number of allylic oxidation sites excluding steroid dienone is 1. The molecule has 0 aliphatic carbocycles. The highest BCUT2D eigenvalue weighted by Gasteiger charge is 2.38. The lowest BCUT2D eigenvalue weighted by atomic mass is 9.74. The fourth-order valence-corrected chi connectivity index (χ4v) is 3.07. The van der Waals surface area contributed by atoms with Gasteiger partial charge in [0, 0.05) is 17.3 Å². The second kappa shape index (κ2) is 7.23. The fraction of sp³-hybridized carbons (Fsp3) is 0.421. The highest BCUT2D eigenvalue weighted by atomic mass is 16.5. The van der Waals surface area contributed by atoms with Gasteiger partial charge in [-0.15, -0.1) is 0 Å². The quantitative estimate of drug-likeness (QED) is 0.793. The fourth-order valence-electron chi connectivity index (χ4n) is 3.07. The summed E-state index contributed by atoms with van der Waals surface area (Å²) < 4.78 is 4.95. The molecule has 1 heterocycles. The van der Waals surface area contributed by atoms with Gasteiger partial charge in [0.2, 0.25) is 0 Å². The smallest absolute Gasteiger partial charge is 0.336 e. The van der Waals surface area contributed by atoms with Crippen LogP contribution in [0.4, 0.5) is 0 Å². The Morgan fingerprint density at radius 3 is 2.52 bits per heavy atom. The monoisotopic (exact) mass is 310 g/mol. The van der Waals surface area contributed by atoms with Gasteiger partial charge in [-0.1, -0.05) is 44.2 Å². The summed E-state index contributed by atoms with van der Waals surface area (Å²) in [4.78, 5) is 16.9. The summed E-state index contributed by atoms with van der Waals surface area (Å²) in [5.41, 5.74) is 2.92. The zero-order valence-corrected chi connectivity index (χ0v) is 14.0. The van der Waals surface area contributed by atoms with Crippen LogP contribution in [0.5, 0.6) is 0 Å². The van der Waals surface area contributed by atoms with Gasteiger partial charge >= 0.3 is 5.97 Å². The minimum atomic E-state index is -0.447. The Morgan fingerprint density at radius 2 is 2.00 bits per heavy atom. The van der Waals surface area contributed by atoms with Crippen LogP contribution in [-0.2, 0) is 9.53 Å². The summed E-state index contributed by atoms with van der Waals surface area (Å²) in [5, 5.41) is 9.76. The highest BCUT2D eigenvalue weighted by Crippen LogP contribution is 2.40. The zero-order valence-electron chi connectivity index (χ0n) is 14.0. The lowest BCUT2D eigenvalue weighted by molar-refractivity contribution is -0.136. The van der Waals surface area contributed by atoms with Crippen molar-refractivity contribution in [2.75, 3.05) is 7.11 Å². The van der Waals surface area contributed by atoms with E-state index in [1.165, 1.54) is 7.11 Å². The van der Waals surface area contributed by atoms with Crippen molar-refractivity contribution in [3.05, 3.63) is 47.2 Å². The second-order valence-corrected chi connectivity index (χ2v) is 6.19. The zero-order chi connectivity index (χ0) is 17.0. The number of benzene rings is 1. The Hall–Kier alpha value is -2.41. The molecule has 1 aromatic rings. The van der Waals surface area contributed by atoms with E-state index in [1.807, 2.05) is 37.3 Å². The summed E-state index contributed by atoms with van der Waals surface area (Å²) in [7, 11) is 1.36. The Bertz CT molecular complexity index is 681. The van der Waals surface area contributed by atoms with Gasteiger partial charge < -0.3 is 4.74 Å².